The predicted molar refractivity (Wildman–Crippen MR) is 118 cm³/mol. The van der Waals surface area contributed by atoms with Crippen LogP contribution in [0.3, 0.4) is 0 Å². The van der Waals surface area contributed by atoms with E-state index in [1.54, 1.807) is 12.1 Å². The van der Waals surface area contributed by atoms with Crippen LogP contribution >= 0.6 is 11.8 Å². The van der Waals surface area contributed by atoms with Gasteiger partial charge in [0.05, 0.1) is 5.69 Å². The lowest BCUT2D eigenvalue weighted by molar-refractivity contribution is -0.118. The van der Waals surface area contributed by atoms with Crippen molar-refractivity contribution in [3.8, 4) is 17.1 Å². The third-order valence-corrected chi connectivity index (χ3v) is 5.89. The van der Waals surface area contributed by atoms with Crippen molar-refractivity contribution in [3.63, 3.8) is 0 Å². The van der Waals surface area contributed by atoms with Gasteiger partial charge in [0.25, 0.3) is 0 Å². The number of aromatic nitrogens is 3. The fraction of sp³-hybridized carbons (Fsp3) is 0.304. The standard InChI is InChI=1S/C23H23FN4O2S/c1-3-4-7-13-31-23-25-21-20(26-27-23)18-11-5-6-12-19(18)28(15(2)29)22(30-21)16-9-8-10-17(24)14-16/h5-6,8-12,14,22H,3-4,7,13H2,1-2H3. The molecule has 0 saturated carbocycles. The van der Waals surface area contributed by atoms with Gasteiger partial charge in [0.1, 0.15) is 5.82 Å². The Bertz CT molecular complexity index is 1090. The van der Waals surface area contributed by atoms with E-state index >= 15 is 0 Å². The highest BCUT2D eigenvalue weighted by Crippen LogP contribution is 2.43. The summed E-state index contributed by atoms with van der Waals surface area (Å²) in [6.07, 6.45) is 2.46. The maximum absolute atomic E-state index is 14.0. The summed E-state index contributed by atoms with van der Waals surface area (Å²) in [4.78, 5) is 18.8. The lowest BCUT2D eigenvalue weighted by Crippen LogP contribution is -2.36. The number of thioether (sulfide) groups is 1. The van der Waals surface area contributed by atoms with Gasteiger partial charge in [-0.2, -0.15) is 4.98 Å². The third kappa shape index (κ3) is 4.54. The van der Waals surface area contributed by atoms with Crippen LogP contribution in [0.1, 0.15) is 44.9 Å². The van der Waals surface area contributed by atoms with E-state index in [2.05, 4.69) is 22.1 Å². The second-order valence-electron chi connectivity index (χ2n) is 7.24. The number of amides is 1. The number of nitrogens with zero attached hydrogens (tertiary/aromatic N) is 4. The van der Waals surface area contributed by atoms with Crippen molar-refractivity contribution in [2.45, 2.75) is 44.5 Å². The summed E-state index contributed by atoms with van der Waals surface area (Å²) in [6, 6.07) is 13.4. The number of rotatable bonds is 6. The molecule has 2 heterocycles. The summed E-state index contributed by atoms with van der Waals surface area (Å²) >= 11 is 1.52. The molecule has 160 valence electrons. The fourth-order valence-corrected chi connectivity index (χ4v) is 4.28. The van der Waals surface area contributed by atoms with Crippen LogP contribution in [0.5, 0.6) is 5.88 Å². The number of unbranched alkanes of at least 4 members (excludes halogenated alkanes) is 2. The van der Waals surface area contributed by atoms with Gasteiger partial charge in [-0.1, -0.05) is 61.9 Å². The average Bonchev–Trinajstić information content (AvgIpc) is 2.91. The molecule has 0 radical (unpaired) electrons. The van der Waals surface area contributed by atoms with E-state index in [0.29, 0.717) is 27.7 Å². The van der Waals surface area contributed by atoms with Gasteiger partial charge in [-0.15, -0.1) is 10.2 Å². The lowest BCUT2D eigenvalue weighted by atomic mass is 10.1. The Balaban J connectivity index is 1.80. The number of hydrogen-bond donors (Lipinski definition) is 0. The molecule has 6 nitrogen and oxygen atoms in total. The van der Waals surface area contributed by atoms with Crippen molar-refractivity contribution >= 4 is 23.4 Å². The third-order valence-electron chi connectivity index (χ3n) is 4.96. The van der Waals surface area contributed by atoms with Crippen LogP contribution in [0.15, 0.2) is 53.7 Å². The van der Waals surface area contributed by atoms with Crippen LogP contribution in [0.4, 0.5) is 10.1 Å². The summed E-state index contributed by atoms with van der Waals surface area (Å²) in [5.41, 5.74) is 2.27. The van der Waals surface area contributed by atoms with E-state index in [9.17, 15) is 9.18 Å². The van der Waals surface area contributed by atoms with Crippen molar-refractivity contribution in [2.75, 3.05) is 10.7 Å². The molecule has 1 unspecified atom stereocenters. The zero-order valence-electron chi connectivity index (χ0n) is 17.4. The maximum atomic E-state index is 14.0. The number of fused-ring (bicyclic) bond motifs is 3. The smallest absolute Gasteiger partial charge is 0.247 e. The van der Waals surface area contributed by atoms with Crippen molar-refractivity contribution in [3.05, 3.63) is 59.9 Å². The SMILES string of the molecule is CCCCCSc1nnc2c(n1)OC(c1cccc(F)c1)N(C(C)=O)c1ccccc1-2. The quantitative estimate of drug-likeness (QED) is 0.379. The summed E-state index contributed by atoms with van der Waals surface area (Å²) in [5, 5.41) is 9.17. The van der Waals surface area contributed by atoms with Crippen molar-refractivity contribution < 1.29 is 13.9 Å². The number of ether oxygens (including phenoxy) is 1. The van der Waals surface area contributed by atoms with Crippen LogP contribution in [0.25, 0.3) is 11.3 Å². The van der Waals surface area contributed by atoms with Crippen LogP contribution in [0.2, 0.25) is 0 Å². The van der Waals surface area contributed by atoms with Crippen LogP contribution < -0.4 is 9.64 Å². The molecule has 0 fully saturated rings. The van der Waals surface area contributed by atoms with Crippen molar-refractivity contribution in [1.82, 2.24) is 15.2 Å². The Kier molecular flexibility index (Phi) is 6.46. The molecule has 0 saturated heterocycles. The molecule has 0 bridgehead atoms. The summed E-state index contributed by atoms with van der Waals surface area (Å²) in [6.45, 7) is 3.61. The highest BCUT2D eigenvalue weighted by Gasteiger charge is 2.34. The molecule has 1 aromatic heterocycles. The number of benzene rings is 2. The molecule has 0 spiro atoms. The van der Waals surface area contributed by atoms with E-state index in [1.807, 2.05) is 24.3 Å². The molecule has 1 amide bonds. The normalized spacial score (nSPS) is 14.9. The molecule has 1 aliphatic rings. The number of carbonyl (C=O) groups is 1. The monoisotopic (exact) mass is 438 g/mol. The molecule has 0 N–H and O–H groups in total. The minimum atomic E-state index is -0.884. The Hall–Kier alpha value is -3.00. The van der Waals surface area contributed by atoms with Gasteiger partial charge in [0.2, 0.25) is 23.2 Å². The first kappa shape index (κ1) is 21.2. The number of para-hydroxylation sites is 1. The van der Waals surface area contributed by atoms with Gasteiger partial charge in [-0.05, 0) is 24.6 Å². The predicted octanol–water partition coefficient (Wildman–Crippen LogP) is 5.40. The first-order chi connectivity index (χ1) is 15.1. The van der Waals surface area contributed by atoms with Crippen LogP contribution in [0, 0.1) is 5.82 Å². The number of anilines is 1. The van der Waals surface area contributed by atoms with E-state index < -0.39 is 12.0 Å². The van der Waals surface area contributed by atoms with Crippen molar-refractivity contribution in [1.29, 1.82) is 0 Å². The van der Waals surface area contributed by atoms with Gasteiger partial charge in [-0.3, -0.25) is 9.69 Å². The second kappa shape index (κ2) is 9.43. The zero-order chi connectivity index (χ0) is 21.8. The molecule has 2 aromatic carbocycles. The Morgan fingerprint density at radius 1 is 1.16 bits per heavy atom. The molecule has 3 aromatic rings. The number of halogens is 1. The molecule has 8 heteroatoms. The Morgan fingerprint density at radius 2 is 2.00 bits per heavy atom. The first-order valence-electron chi connectivity index (χ1n) is 10.3. The van der Waals surface area contributed by atoms with Gasteiger partial charge < -0.3 is 4.74 Å². The number of hydrogen-bond acceptors (Lipinski definition) is 6. The minimum absolute atomic E-state index is 0.239. The topological polar surface area (TPSA) is 68.2 Å². The van der Waals surface area contributed by atoms with Crippen molar-refractivity contribution in [2.24, 2.45) is 0 Å². The highest BCUT2D eigenvalue weighted by molar-refractivity contribution is 7.99. The van der Waals surface area contributed by atoms with Gasteiger partial charge >= 0.3 is 0 Å². The van der Waals surface area contributed by atoms with E-state index in [0.717, 1.165) is 25.0 Å². The summed E-state index contributed by atoms with van der Waals surface area (Å²) in [7, 11) is 0. The first-order valence-corrected chi connectivity index (χ1v) is 11.3. The molecular weight excluding hydrogens is 415 g/mol. The highest BCUT2D eigenvalue weighted by atomic mass is 32.2. The minimum Gasteiger partial charge on any atom is -0.447 e. The summed E-state index contributed by atoms with van der Waals surface area (Å²) in [5.74, 6) is 0.517. The Labute approximate surface area is 184 Å². The molecular formula is C23H23FN4O2S. The largest absolute Gasteiger partial charge is 0.447 e. The summed E-state index contributed by atoms with van der Waals surface area (Å²) < 4.78 is 20.2. The Morgan fingerprint density at radius 3 is 2.77 bits per heavy atom. The number of carbonyl (C=O) groups excluding carboxylic acids is 1. The molecule has 4 rings (SSSR count). The van der Waals surface area contributed by atoms with E-state index in [-0.39, 0.29) is 11.8 Å². The zero-order valence-corrected chi connectivity index (χ0v) is 18.2. The molecule has 0 aliphatic carbocycles. The van der Waals surface area contributed by atoms with E-state index in [4.69, 9.17) is 4.74 Å². The second-order valence-corrected chi connectivity index (χ2v) is 8.30. The maximum Gasteiger partial charge on any atom is 0.247 e. The van der Waals surface area contributed by atoms with E-state index in [1.165, 1.54) is 35.7 Å². The van der Waals surface area contributed by atoms with Gasteiger partial charge in [0.15, 0.2) is 5.69 Å². The van der Waals surface area contributed by atoms with Gasteiger partial charge in [-0.25, -0.2) is 4.39 Å². The average molecular weight is 439 g/mol. The molecule has 1 aliphatic heterocycles. The van der Waals surface area contributed by atoms with Crippen LogP contribution in [-0.2, 0) is 4.79 Å². The van der Waals surface area contributed by atoms with Crippen LogP contribution in [-0.4, -0.2) is 26.8 Å². The fourth-order valence-electron chi connectivity index (χ4n) is 3.51. The lowest BCUT2D eigenvalue weighted by Gasteiger charge is -2.29. The molecule has 1 atom stereocenters. The molecule has 31 heavy (non-hydrogen) atoms. The van der Waals surface area contributed by atoms with Gasteiger partial charge in [0, 0.05) is 23.8 Å².